The Labute approximate surface area is 252 Å². The summed E-state index contributed by atoms with van der Waals surface area (Å²) in [6, 6.07) is 23.0. The molecule has 6 nitrogen and oxygen atoms in total. The van der Waals surface area contributed by atoms with Crippen LogP contribution in [0.15, 0.2) is 66.9 Å². The van der Waals surface area contributed by atoms with E-state index in [0.717, 1.165) is 52.0 Å². The van der Waals surface area contributed by atoms with Crippen LogP contribution in [-0.2, 0) is 17.3 Å². The Morgan fingerprint density at radius 1 is 0.619 bits per heavy atom. The number of anilines is 2. The van der Waals surface area contributed by atoms with Gasteiger partial charge < -0.3 is 30.3 Å². The van der Waals surface area contributed by atoms with Gasteiger partial charge in [0.2, 0.25) is 0 Å². The van der Waals surface area contributed by atoms with Crippen molar-refractivity contribution in [3.63, 3.8) is 0 Å². The predicted octanol–water partition coefficient (Wildman–Crippen LogP) is 5.60. The molecule has 6 rings (SSSR count). The molecule has 2 aliphatic rings. The molecule has 3 aromatic carbocycles. The van der Waals surface area contributed by atoms with E-state index >= 15 is 0 Å². The summed E-state index contributed by atoms with van der Waals surface area (Å²) in [5.74, 6) is 0. The van der Waals surface area contributed by atoms with Gasteiger partial charge in [0, 0.05) is 58.9 Å². The smallest absolute Gasteiger partial charge is 0.0499 e. The number of aromatic nitrogens is 1. The molecule has 0 saturated heterocycles. The van der Waals surface area contributed by atoms with Gasteiger partial charge in [0.05, 0.1) is 0 Å². The first kappa shape index (κ1) is 28.8. The summed E-state index contributed by atoms with van der Waals surface area (Å²) in [5, 5.41) is 9.18. The van der Waals surface area contributed by atoms with Gasteiger partial charge in [-0.1, -0.05) is 54.6 Å². The van der Waals surface area contributed by atoms with Crippen molar-refractivity contribution < 1.29 is 0 Å². The quantitative estimate of drug-likeness (QED) is 0.222. The zero-order chi connectivity index (χ0) is 29.5. The monoisotopic (exact) mass is 564 g/mol. The lowest BCUT2D eigenvalue weighted by Gasteiger charge is -2.35. The molecule has 0 bridgehead atoms. The lowest BCUT2D eigenvalue weighted by molar-refractivity contribution is 0.354. The summed E-state index contributed by atoms with van der Waals surface area (Å²) < 4.78 is 0. The Bertz CT molecular complexity index is 1550. The highest BCUT2D eigenvalue weighted by Crippen LogP contribution is 2.53. The average Bonchev–Trinajstić information content (AvgIpc) is 3.68. The van der Waals surface area contributed by atoms with Crippen molar-refractivity contribution >= 4 is 22.3 Å². The van der Waals surface area contributed by atoms with Gasteiger partial charge in [-0.2, -0.15) is 0 Å². The average molecular weight is 565 g/mol. The minimum absolute atomic E-state index is 0.0887. The van der Waals surface area contributed by atoms with Crippen molar-refractivity contribution in [1.82, 2.24) is 19.7 Å². The fourth-order valence-corrected chi connectivity index (χ4v) is 7.46. The molecule has 42 heavy (non-hydrogen) atoms. The number of rotatable bonds is 11. The van der Waals surface area contributed by atoms with Gasteiger partial charge in [-0.15, -0.1) is 0 Å². The van der Waals surface area contributed by atoms with Crippen LogP contribution in [0.2, 0.25) is 0 Å². The summed E-state index contributed by atoms with van der Waals surface area (Å²) in [5.41, 5.74) is 10.8. The number of para-hydroxylation sites is 3. The minimum atomic E-state index is -0.132. The van der Waals surface area contributed by atoms with Gasteiger partial charge in [-0.05, 0) is 109 Å². The van der Waals surface area contributed by atoms with Crippen LogP contribution in [0.5, 0.6) is 0 Å². The highest BCUT2D eigenvalue weighted by atomic mass is 15.1. The second kappa shape index (κ2) is 11.4. The van der Waals surface area contributed by atoms with E-state index < -0.39 is 0 Å². The topological polar surface area (TPSA) is 49.6 Å². The largest absolute Gasteiger partial charge is 0.384 e. The van der Waals surface area contributed by atoms with Gasteiger partial charge in [-0.25, -0.2) is 0 Å². The molecule has 0 saturated carbocycles. The highest BCUT2D eigenvalue weighted by Gasteiger charge is 2.47. The second-order valence-electron chi connectivity index (χ2n) is 13.3. The Kier molecular flexibility index (Phi) is 7.81. The van der Waals surface area contributed by atoms with Gasteiger partial charge in [0.15, 0.2) is 0 Å². The number of nitrogens with zero attached hydrogens (tertiary/aromatic N) is 3. The molecule has 3 heterocycles. The molecular weight excluding hydrogens is 516 g/mol. The standard InChI is InChI=1S/C36H48N6/c1-40(2)20-17-26-23-37-33-27(26)11-9-13-29(33)36(19-22-42(5)6)25-39-34-30(14-10-15-31(34)36)35(18-21-41(3)4)24-38-32-16-8-7-12-28(32)35/h7-16,23,37-39H,17-22,24-25H2,1-6H3/t35-,36+/m1/s1. The number of benzene rings is 3. The van der Waals surface area contributed by atoms with Crippen molar-refractivity contribution in [1.29, 1.82) is 0 Å². The number of H-pyrrole nitrogens is 1. The predicted molar refractivity (Wildman–Crippen MR) is 178 cm³/mol. The van der Waals surface area contributed by atoms with Gasteiger partial charge >= 0.3 is 0 Å². The Morgan fingerprint density at radius 3 is 1.88 bits per heavy atom. The van der Waals surface area contributed by atoms with Gasteiger partial charge in [0.25, 0.3) is 0 Å². The molecule has 2 atom stereocenters. The summed E-state index contributed by atoms with van der Waals surface area (Å²) in [7, 11) is 13.1. The molecule has 1 aromatic heterocycles. The molecule has 4 aromatic rings. The van der Waals surface area contributed by atoms with E-state index in [1.807, 2.05) is 0 Å². The lowest BCUT2D eigenvalue weighted by atomic mass is 9.69. The molecule has 6 heteroatoms. The lowest BCUT2D eigenvalue weighted by Crippen LogP contribution is -2.35. The number of fused-ring (bicyclic) bond motifs is 3. The third-order valence-corrected chi connectivity index (χ3v) is 9.80. The van der Waals surface area contributed by atoms with Crippen molar-refractivity contribution in [3.05, 3.63) is 94.7 Å². The first-order valence-electron chi connectivity index (χ1n) is 15.5. The maximum Gasteiger partial charge on any atom is 0.0499 e. The maximum atomic E-state index is 4.03. The van der Waals surface area contributed by atoms with Crippen molar-refractivity contribution in [2.45, 2.75) is 30.1 Å². The van der Waals surface area contributed by atoms with Crippen LogP contribution in [0.1, 0.15) is 40.7 Å². The summed E-state index contributed by atoms with van der Waals surface area (Å²) in [4.78, 5) is 10.7. The van der Waals surface area contributed by atoms with Crippen molar-refractivity contribution in [2.24, 2.45) is 0 Å². The third-order valence-electron chi connectivity index (χ3n) is 9.80. The zero-order valence-electron chi connectivity index (χ0n) is 26.3. The van der Waals surface area contributed by atoms with Gasteiger partial charge in [0.1, 0.15) is 0 Å². The Hall–Kier alpha value is -3.32. The number of hydrogen-bond acceptors (Lipinski definition) is 5. The minimum Gasteiger partial charge on any atom is -0.384 e. The molecule has 0 amide bonds. The van der Waals surface area contributed by atoms with Crippen LogP contribution in [0, 0.1) is 0 Å². The molecule has 2 aliphatic heterocycles. The van der Waals surface area contributed by atoms with E-state index in [4.69, 9.17) is 0 Å². The summed E-state index contributed by atoms with van der Waals surface area (Å²) >= 11 is 0. The summed E-state index contributed by atoms with van der Waals surface area (Å²) in [6.07, 6.45) is 5.40. The normalized spacial score (nSPS) is 21.3. The first-order chi connectivity index (χ1) is 20.2. The fraction of sp³-hybridized carbons (Fsp3) is 0.444. The van der Waals surface area contributed by atoms with E-state index in [9.17, 15) is 0 Å². The maximum absolute atomic E-state index is 4.03. The van der Waals surface area contributed by atoms with E-state index in [-0.39, 0.29) is 10.8 Å². The van der Waals surface area contributed by atoms with Crippen molar-refractivity contribution in [3.8, 4) is 0 Å². The summed E-state index contributed by atoms with van der Waals surface area (Å²) in [6.45, 7) is 4.91. The second-order valence-corrected chi connectivity index (χ2v) is 13.3. The first-order valence-corrected chi connectivity index (χ1v) is 15.5. The molecule has 0 radical (unpaired) electrons. The van der Waals surface area contributed by atoms with Crippen LogP contribution in [0.25, 0.3) is 10.9 Å². The zero-order valence-corrected chi connectivity index (χ0v) is 26.3. The molecular formula is C36H48N6. The highest BCUT2D eigenvalue weighted by molar-refractivity contribution is 5.89. The van der Waals surface area contributed by atoms with Crippen LogP contribution in [0.4, 0.5) is 11.4 Å². The SMILES string of the molecule is CN(C)CCc1c[nH]c2c([C@]3(CCN(C)C)CNc4c([C@]5(CCN(C)C)CNc6ccccc65)cccc43)cccc12. The van der Waals surface area contributed by atoms with Crippen LogP contribution in [0.3, 0.4) is 0 Å². The molecule has 0 aliphatic carbocycles. The van der Waals surface area contributed by atoms with E-state index in [2.05, 4.69) is 139 Å². The third kappa shape index (κ3) is 4.89. The van der Waals surface area contributed by atoms with Gasteiger partial charge in [-0.3, -0.25) is 0 Å². The van der Waals surface area contributed by atoms with E-state index in [0.29, 0.717) is 0 Å². The van der Waals surface area contributed by atoms with Crippen LogP contribution in [-0.4, -0.2) is 94.7 Å². The Morgan fingerprint density at radius 2 is 1.19 bits per heavy atom. The number of hydrogen-bond donors (Lipinski definition) is 3. The number of nitrogens with one attached hydrogen (secondary N) is 3. The number of aromatic amines is 1. The van der Waals surface area contributed by atoms with Crippen LogP contribution >= 0.6 is 0 Å². The molecule has 0 unspecified atom stereocenters. The van der Waals surface area contributed by atoms with E-state index in [1.165, 1.54) is 50.1 Å². The molecule has 3 N–H and O–H groups in total. The molecule has 222 valence electrons. The number of likely N-dealkylation sites (N-methyl/N-ethyl adjacent to an activating group) is 1. The fourth-order valence-electron chi connectivity index (χ4n) is 7.46. The van der Waals surface area contributed by atoms with E-state index in [1.54, 1.807) is 0 Å². The van der Waals surface area contributed by atoms with Crippen LogP contribution < -0.4 is 10.6 Å². The molecule has 0 spiro atoms. The van der Waals surface area contributed by atoms with Crippen molar-refractivity contribution in [2.75, 3.05) is 85.6 Å². The molecule has 0 fully saturated rings. The Balaban J connectivity index is 1.52.